The topological polar surface area (TPSA) is 74.2 Å². The average Bonchev–Trinajstić information content (AvgIpc) is 2.45. The summed E-state index contributed by atoms with van der Waals surface area (Å²) in [6.07, 6.45) is 1.35. The Kier molecular flexibility index (Phi) is 5.98. The van der Waals surface area contributed by atoms with Gasteiger partial charge in [0.2, 0.25) is 0 Å². The number of hydrogen-bond acceptors (Lipinski definition) is 5. The molecular weight excluding hydrogens is 362 g/mol. The first kappa shape index (κ1) is 16.2. The summed E-state index contributed by atoms with van der Waals surface area (Å²) in [6.45, 7) is 3.02. The summed E-state index contributed by atoms with van der Waals surface area (Å²) in [7, 11) is 0. The first-order valence-electron chi connectivity index (χ1n) is 6.36. The molecule has 1 aromatic rings. The van der Waals surface area contributed by atoms with Crippen molar-refractivity contribution in [2.24, 2.45) is 5.10 Å². The van der Waals surface area contributed by atoms with E-state index in [1.54, 1.807) is 12.1 Å². The molecule has 0 spiro atoms. The Morgan fingerprint density at radius 3 is 2.95 bits per heavy atom. The molecule has 21 heavy (non-hydrogen) atoms. The van der Waals surface area contributed by atoms with Crippen molar-refractivity contribution in [1.82, 2.24) is 10.3 Å². The summed E-state index contributed by atoms with van der Waals surface area (Å²) in [4.78, 5) is 13.7. The van der Waals surface area contributed by atoms with Crippen molar-refractivity contribution in [3.63, 3.8) is 0 Å². The summed E-state index contributed by atoms with van der Waals surface area (Å²) < 4.78 is 5.92. The van der Waals surface area contributed by atoms with E-state index in [9.17, 15) is 9.90 Å². The number of amides is 1. The van der Waals surface area contributed by atoms with E-state index in [4.69, 9.17) is 16.3 Å². The van der Waals surface area contributed by atoms with Gasteiger partial charge in [-0.15, -0.1) is 0 Å². The molecule has 6 nitrogen and oxygen atoms in total. The van der Waals surface area contributed by atoms with E-state index in [0.29, 0.717) is 23.2 Å². The number of morpholine rings is 1. The van der Waals surface area contributed by atoms with Crippen LogP contribution in [0.15, 0.2) is 21.7 Å². The lowest BCUT2D eigenvalue weighted by Crippen LogP contribution is -2.42. The van der Waals surface area contributed by atoms with Gasteiger partial charge in [-0.05, 0) is 12.1 Å². The van der Waals surface area contributed by atoms with Crippen molar-refractivity contribution in [2.45, 2.75) is 0 Å². The van der Waals surface area contributed by atoms with Gasteiger partial charge in [0.25, 0.3) is 5.91 Å². The molecule has 0 aromatic heterocycles. The van der Waals surface area contributed by atoms with Gasteiger partial charge in [-0.3, -0.25) is 9.69 Å². The molecule has 0 radical (unpaired) electrons. The van der Waals surface area contributed by atoms with Crippen LogP contribution in [0.5, 0.6) is 5.75 Å². The number of ether oxygens (including phenoxy) is 1. The zero-order valence-electron chi connectivity index (χ0n) is 11.2. The first-order valence-corrected chi connectivity index (χ1v) is 7.53. The standard InChI is InChI=1S/C13H15BrClN3O3/c14-10-5-9(13(20)11(15)6-10)7-16-17-12(19)8-18-1-3-21-4-2-18/h5-7,20H,1-4,8H2,(H,17,19)/b16-7+. The summed E-state index contributed by atoms with van der Waals surface area (Å²) in [6, 6.07) is 3.23. The van der Waals surface area contributed by atoms with Gasteiger partial charge in [-0.2, -0.15) is 5.10 Å². The van der Waals surface area contributed by atoms with E-state index in [1.807, 2.05) is 4.90 Å². The summed E-state index contributed by atoms with van der Waals surface area (Å²) >= 11 is 9.11. The Morgan fingerprint density at radius 2 is 2.24 bits per heavy atom. The lowest BCUT2D eigenvalue weighted by Gasteiger charge is -2.25. The Labute approximate surface area is 135 Å². The van der Waals surface area contributed by atoms with Gasteiger partial charge in [0.1, 0.15) is 5.75 Å². The number of carbonyl (C=O) groups excluding carboxylic acids is 1. The molecule has 1 saturated heterocycles. The number of aromatic hydroxyl groups is 1. The number of rotatable bonds is 4. The van der Waals surface area contributed by atoms with Gasteiger partial charge in [-0.1, -0.05) is 27.5 Å². The van der Waals surface area contributed by atoms with Crippen LogP contribution in [0.4, 0.5) is 0 Å². The maximum absolute atomic E-state index is 11.7. The molecule has 1 aromatic carbocycles. The number of phenolic OH excluding ortho intramolecular Hbond substituents is 1. The smallest absolute Gasteiger partial charge is 0.254 e. The molecule has 1 amide bonds. The van der Waals surface area contributed by atoms with Crippen LogP contribution in [0.1, 0.15) is 5.56 Å². The Hall–Kier alpha value is -1.15. The first-order chi connectivity index (χ1) is 10.1. The van der Waals surface area contributed by atoms with Crippen molar-refractivity contribution in [1.29, 1.82) is 0 Å². The van der Waals surface area contributed by atoms with E-state index in [2.05, 4.69) is 26.5 Å². The predicted molar refractivity (Wildman–Crippen MR) is 83.8 cm³/mol. The van der Waals surface area contributed by atoms with Crippen LogP contribution >= 0.6 is 27.5 Å². The quantitative estimate of drug-likeness (QED) is 0.618. The highest BCUT2D eigenvalue weighted by molar-refractivity contribution is 9.10. The second kappa shape index (κ2) is 7.74. The Balaban J connectivity index is 1.88. The van der Waals surface area contributed by atoms with Crippen LogP contribution in [0.2, 0.25) is 5.02 Å². The number of nitrogens with zero attached hydrogens (tertiary/aromatic N) is 2. The van der Waals surface area contributed by atoms with Gasteiger partial charge < -0.3 is 9.84 Å². The highest BCUT2D eigenvalue weighted by Gasteiger charge is 2.13. The lowest BCUT2D eigenvalue weighted by molar-refractivity contribution is -0.123. The third kappa shape index (κ3) is 4.96. The van der Waals surface area contributed by atoms with Gasteiger partial charge in [0.15, 0.2) is 0 Å². The second-order valence-electron chi connectivity index (χ2n) is 4.51. The fourth-order valence-corrected chi connectivity index (χ4v) is 2.69. The molecular formula is C13H15BrClN3O3. The molecule has 1 aliphatic rings. The molecule has 0 bridgehead atoms. The normalized spacial score (nSPS) is 16.3. The molecule has 2 rings (SSSR count). The minimum absolute atomic E-state index is 0.0777. The lowest BCUT2D eigenvalue weighted by atomic mass is 10.2. The monoisotopic (exact) mass is 375 g/mol. The van der Waals surface area contributed by atoms with Crippen molar-refractivity contribution in [3.8, 4) is 5.75 Å². The average molecular weight is 377 g/mol. The minimum Gasteiger partial charge on any atom is -0.506 e. The fraction of sp³-hybridized carbons (Fsp3) is 0.385. The maximum Gasteiger partial charge on any atom is 0.254 e. The summed E-state index contributed by atoms with van der Waals surface area (Å²) in [5.74, 6) is -0.292. The number of phenols is 1. The molecule has 0 atom stereocenters. The third-order valence-electron chi connectivity index (χ3n) is 2.92. The molecule has 0 saturated carbocycles. The number of benzene rings is 1. The number of hydrazone groups is 1. The van der Waals surface area contributed by atoms with Gasteiger partial charge >= 0.3 is 0 Å². The third-order valence-corrected chi connectivity index (χ3v) is 3.67. The van der Waals surface area contributed by atoms with E-state index < -0.39 is 0 Å². The molecule has 2 N–H and O–H groups in total. The highest BCUT2D eigenvalue weighted by atomic mass is 79.9. The molecule has 0 unspecified atom stereocenters. The van der Waals surface area contributed by atoms with E-state index in [0.717, 1.165) is 13.1 Å². The molecule has 8 heteroatoms. The summed E-state index contributed by atoms with van der Waals surface area (Å²) in [5.41, 5.74) is 2.84. The second-order valence-corrected chi connectivity index (χ2v) is 5.83. The van der Waals surface area contributed by atoms with Crippen molar-refractivity contribution in [3.05, 3.63) is 27.2 Å². The Morgan fingerprint density at radius 1 is 1.52 bits per heavy atom. The predicted octanol–water partition coefficient (Wildman–Crippen LogP) is 1.59. The molecule has 1 fully saturated rings. The van der Waals surface area contributed by atoms with Crippen molar-refractivity contribution >= 4 is 39.7 Å². The zero-order chi connectivity index (χ0) is 15.2. The SMILES string of the molecule is O=C(CN1CCOCC1)N/N=C/c1cc(Br)cc(Cl)c1O. The Bertz CT molecular complexity index is 548. The number of nitrogens with one attached hydrogen (secondary N) is 1. The number of halogens is 2. The molecule has 1 heterocycles. The van der Waals surface area contributed by atoms with Crippen molar-refractivity contribution in [2.75, 3.05) is 32.8 Å². The van der Waals surface area contributed by atoms with Gasteiger partial charge in [-0.25, -0.2) is 5.43 Å². The van der Waals surface area contributed by atoms with Crippen molar-refractivity contribution < 1.29 is 14.6 Å². The van der Waals surface area contributed by atoms with Crippen LogP contribution in [-0.2, 0) is 9.53 Å². The highest BCUT2D eigenvalue weighted by Crippen LogP contribution is 2.30. The van der Waals surface area contributed by atoms with E-state index in [1.165, 1.54) is 6.21 Å². The van der Waals surface area contributed by atoms with Crippen LogP contribution in [0.3, 0.4) is 0 Å². The number of hydrogen-bond donors (Lipinski definition) is 2. The zero-order valence-corrected chi connectivity index (χ0v) is 13.5. The van der Waals surface area contributed by atoms with Crippen LogP contribution in [-0.4, -0.2) is 55.0 Å². The van der Waals surface area contributed by atoms with Crippen LogP contribution in [0, 0.1) is 0 Å². The fourth-order valence-electron chi connectivity index (χ4n) is 1.86. The molecule has 114 valence electrons. The van der Waals surface area contributed by atoms with E-state index in [-0.39, 0.29) is 23.2 Å². The van der Waals surface area contributed by atoms with Crippen LogP contribution < -0.4 is 5.43 Å². The molecule has 1 aliphatic heterocycles. The van der Waals surface area contributed by atoms with Gasteiger partial charge in [0.05, 0.1) is 31.0 Å². The van der Waals surface area contributed by atoms with E-state index >= 15 is 0 Å². The minimum atomic E-state index is -0.214. The summed E-state index contributed by atoms with van der Waals surface area (Å²) in [5, 5.41) is 13.8. The van der Waals surface area contributed by atoms with Gasteiger partial charge in [0, 0.05) is 23.1 Å². The maximum atomic E-state index is 11.7. The van der Waals surface area contributed by atoms with Crippen LogP contribution in [0.25, 0.3) is 0 Å². The largest absolute Gasteiger partial charge is 0.506 e. The number of carbonyl (C=O) groups is 1. The molecule has 0 aliphatic carbocycles.